The molecule has 0 amide bonds. The Balaban J connectivity index is 2.46. The largest absolute Gasteiger partial charge is 0.495 e. The van der Waals surface area contributed by atoms with E-state index in [1.165, 1.54) is 32.4 Å². The number of anilines is 3. The first-order valence-corrected chi connectivity index (χ1v) is 8.44. The van der Waals surface area contributed by atoms with Crippen molar-refractivity contribution in [2.45, 2.75) is 32.5 Å². The minimum absolute atomic E-state index is 0.103. The molecule has 0 spiro atoms. The maximum atomic E-state index is 13.2. The number of alkyl halides is 3. The van der Waals surface area contributed by atoms with Gasteiger partial charge in [0.05, 0.1) is 25.5 Å². The third-order valence-electron chi connectivity index (χ3n) is 3.89. The summed E-state index contributed by atoms with van der Waals surface area (Å²) in [6.07, 6.45) is -3.97. The van der Waals surface area contributed by atoms with Crippen molar-refractivity contribution < 1.29 is 27.4 Å². The van der Waals surface area contributed by atoms with Gasteiger partial charge in [-0.1, -0.05) is 6.92 Å². The predicted molar refractivity (Wildman–Crippen MR) is 98.0 cm³/mol. The van der Waals surface area contributed by atoms with E-state index >= 15 is 0 Å². The molecule has 0 bridgehead atoms. The fourth-order valence-corrected chi connectivity index (χ4v) is 2.23. The maximum Gasteiger partial charge on any atom is 0.433 e. The first-order chi connectivity index (χ1) is 13.2. The van der Waals surface area contributed by atoms with Crippen LogP contribution in [0, 0.1) is 0 Å². The van der Waals surface area contributed by atoms with Gasteiger partial charge in [-0.25, -0.2) is 9.78 Å². The Bertz CT molecular complexity index is 843. The van der Waals surface area contributed by atoms with Crippen LogP contribution in [0.25, 0.3) is 0 Å². The molecule has 0 unspecified atom stereocenters. The molecule has 1 aromatic carbocycles. The lowest BCUT2D eigenvalue weighted by Gasteiger charge is -2.16. The van der Waals surface area contributed by atoms with E-state index in [4.69, 9.17) is 4.74 Å². The molecule has 28 heavy (non-hydrogen) atoms. The molecule has 10 heteroatoms. The van der Waals surface area contributed by atoms with E-state index in [0.717, 1.165) is 6.07 Å². The van der Waals surface area contributed by atoms with E-state index in [1.807, 2.05) is 6.92 Å². The second kappa shape index (κ2) is 8.77. The number of nitrogens with zero attached hydrogens (tertiary/aromatic N) is 2. The number of carbonyl (C=O) groups is 1. The number of ether oxygens (including phenoxy) is 2. The van der Waals surface area contributed by atoms with Crippen LogP contribution in [0.1, 0.15) is 36.3 Å². The summed E-state index contributed by atoms with van der Waals surface area (Å²) in [6, 6.07) is 5.05. The molecule has 0 fully saturated rings. The zero-order chi connectivity index (χ0) is 20.9. The Morgan fingerprint density at radius 3 is 2.50 bits per heavy atom. The fourth-order valence-electron chi connectivity index (χ4n) is 2.23. The zero-order valence-corrected chi connectivity index (χ0v) is 15.8. The molecule has 2 rings (SSSR count). The summed E-state index contributed by atoms with van der Waals surface area (Å²) < 4.78 is 49.6. The Kier molecular flexibility index (Phi) is 6.66. The van der Waals surface area contributed by atoms with Gasteiger partial charge in [-0.05, 0) is 31.5 Å². The quantitative estimate of drug-likeness (QED) is 0.675. The van der Waals surface area contributed by atoms with Crippen LogP contribution in [0.5, 0.6) is 5.75 Å². The molecule has 0 aliphatic carbocycles. The average molecular weight is 398 g/mol. The molecule has 0 saturated heterocycles. The highest BCUT2D eigenvalue weighted by Gasteiger charge is 2.34. The van der Waals surface area contributed by atoms with Crippen LogP contribution in [-0.2, 0) is 10.9 Å². The van der Waals surface area contributed by atoms with Gasteiger partial charge in [0, 0.05) is 12.1 Å². The van der Waals surface area contributed by atoms with Gasteiger partial charge in [0.1, 0.15) is 11.6 Å². The fraction of sp³-hybridized carbons (Fsp3) is 0.389. The van der Waals surface area contributed by atoms with Crippen molar-refractivity contribution in [3.8, 4) is 5.75 Å². The topological polar surface area (TPSA) is 85.4 Å². The number of carbonyl (C=O) groups excluding carboxylic acids is 1. The summed E-state index contributed by atoms with van der Waals surface area (Å²) in [5.41, 5.74) is -0.639. The summed E-state index contributed by atoms with van der Waals surface area (Å²) >= 11 is 0. The van der Waals surface area contributed by atoms with Crippen LogP contribution in [-0.4, -0.2) is 36.2 Å². The van der Waals surface area contributed by atoms with E-state index < -0.39 is 17.8 Å². The van der Waals surface area contributed by atoms with Crippen molar-refractivity contribution in [3.05, 3.63) is 35.5 Å². The second-order valence-corrected chi connectivity index (χ2v) is 5.95. The van der Waals surface area contributed by atoms with Crippen molar-refractivity contribution in [3.63, 3.8) is 0 Å². The number of nitrogens with one attached hydrogen (secondary N) is 2. The minimum Gasteiger partial charge on any atom is -0.495 e. The Labute approximate surface area is 160 Å². The van der Waals surface area contributed by atoms with E-state index in [-0.39, 0.29) is 29.1 Å². The molecule has 152 valence electrons. The van der Waals surface area contributed by atoms with Crippen LogP contribution < -0.4 is 15.4 Å². The van der Waals surface area contributed by atoms with Crippen molar-refractivity contribution in [2.75, 3.05) is 24.9 Å². The highest BCUT2D eigenvalue weighted by atomic mass is 19.4. The number of halogens is 3. The van der Waals surface area contributed by atoms with Gasteiger partial charge in [-0.15, -0.1) is 0 Å². The molecule has 2 N–H and O–H groups in total. The normalized spacial score (nSPS) is 12.2. The van der Waals surface area contributed by atoms with Crippen molar-refractivity contribution in [1.29, 1.82) is 0 Å². The molecule has 0 saturated carbocycles. The number of hydrogen-bond donors (Lipinski definition) is 2. The Morgan fingerprint density at radius 1 is 1.21 bits per heavy atom. The van der Waals surface area contributed by atoms with Gasteiger partial charge < -0.3 is 20.1 Å². The average Bonchev–Trinajstić information content (AvgIpc) is 2.66. The van der Waals surface area contributed by atoms with E-state index in [1.54, 1.807) is 6.92 Å². The number of esters is 1. The summed E-state index contributed by atoms with van der Waals surface area (Å²) in [4.78, 5) is 19.4. The molecule has 0 aliphatic heterocycles. The van der Waals surface area contributed by atoms with Gasteiger partial charge in [0.25, 0.3) is 0 Å². The number of methoxy groups -OCH3 is 2. The van der Waals surface area contributed by atoms with Crippen LogP contribution in [0.2, 0.25) is 0 Å². The minimum atomic E-state index is -4.65. The standard InChI is InChI=1S/C18H21F3N4O3/c1-5-10(2)22-17-24-14(18(19,20)21)9-15(25-17)23-12-8-11(16(26)28-4)6-7-13(12)27-3/h6-10H,5H2,1-4H3,(H2,22,23,24,25)/t10-/m0/s1. The van der Waals surface area contributed by atoms with E-state index in [2.05, 4.69) is 25.3 Å². The number of hydrogen-bond acceptors (Lipinski definition) is 7. The molecular formula is C18H21F3N4O3. The molecule has 7 nitrogen and oxygen atoms in total. The van der Waals surface area contributed by atoms with Crippen LogP contribution in [0.15, 0.2) is 24.3 Å². The van der Waals surface area contributed by atoms with E-state index in [9.17, 15) is 18.0 Å². The van der Waals surface area contributed by atoms with Crippen molar-refractivity contribution in [2.24, 2.45) is 0 Å². The molecule has 1 aromatic heterocycles. The SMILES string of the molecule is CC[C@H](C)Nc1nc(Nc2cc(C(=O)OC)ccc2OC)cc(C(F)(F)F)n1. The van der Waals surface area contributed by atoms with Crippen molar-refractivity contribution in [1.82, 2.24) is 9.97 Å². The highest BCUT2D eigenvalue weighted by molar-refractivity contribution is 5.91. The molecule has 0 radical (unpaired) electrons. The van der Waals surface area contributed by atoms with Crippen molar-refractivity contribution >= 4 is 23.4 Å². The third-order valence-corrected chi connectivity index (χ3v) is 3.89. The third kappa shape index (κ3) is 5.24. The summed E-state index contributed by atoms with van der Waals surface area (Å²) in [7, 11) is 2.63. The van der Waals surface area contributed by atoms with Gasteiger partial charge in [0.15, 0.2) is 5.69 Å². The van der Waals surface area contributed by atoms with Gasteiger partial charge in [0.2, 0.25) is 5.95 Å². The lowest BCUT2D eigenvalue weighted by Crippen LogP contribution is -2.19. The Hall–Kier alpha value is -3.04. The highest BCUT2D eigenvalue weighted by Crippen LogP contribution is 2.33. The maximum absolute atomic E-state index is 13.2. The molecule has 1 atom stereocenters. The number of benzene rings is 1. The molecule has 2 aromatic rings. The molecule has 0 aliphatic rings. The zero-order valence-electron chi connectivity index (χ0n) is 15.8. The molecular weight excluding hydrogens is 377 g/mol. The first-order valence-electron chi connectivity index (χ1n) is 8.44. The summed E-state index contributed by atoms with van der Waals surface area (Å²) in [6.45, 7) is 3.69. The van der Waals surface area contributed by atoms with Gasteiger partial charge >= 0.3 is 12.1 Å². The van der Waals surface area contributed by atoms with E-state index in [0.29, 0.717) is 12.2 Å². The lowest BCUT2D eigenvalue weighted by atomic mass is 10.2. The van der Waals surface area contributed by atoms with Crippen LogP contribution in [0.3, 0.4) is 0 Å². The summed E-state index contributed by atoms with van der Waals surface area (Å²) in [5, 5.41) is 5.59. The lowest BCUT2D eigenvalue weighted by molar-refractivity contribution is -0.141. The second-order valence-electron chi connectivity index (χ2n) is 5.95. The predicted octanol–water partition coefficient (Wildman–Crippen LogP) is 4.24. The summed E-state index contributed by atoms with van der Waals surface area (Å²) in [5.74, 6) is -0.539. The number of rotatable bonds is 7. The monoisotopic (exact) mass is 398 g/mol. The molecule has 1 heterocycles. The van der Waals surface area contributed by atoms with Gasteiger partial charge in [-0.2, -0.15) is 18.2 Å². The Morgan fingerprint density at radius 2 is 1.93 bits per heavy atom. The van der Waals surface area contributed by atoms with Crippen LogP contribution in [0.4, 0.5) is 30.6 Å². The smallest absolute Gasteiger partial charge is 0.433 e. The first kappa shape index (κ1) is 21.3. The van der Waals surface area contributed by atoms with Gasteiger partial charge in [-0.3, -0.25) is 0 Å². The number of aromatic nitrogens is 2. The van der Waals surface area contributed by atoms with Crippen LogP contribution >= 0.6 is 0 Å².